The third-order valence-corrected chi connectivity index (χ3v) is 12.6. The van der Waals surface area contributed by atoms with Crippen LogP contribution >= 0.6 is 12.0 Å². The van der Waals surface area contributed by atoms with Gasteiger partial charge in [-0.15, -0.1) is 0 Å². The number of benzene rings is 2. The summed E-state index contributed by atoms with van der Waals surface area (Å²) in [5, 5.41) is 13.9. The fourth-order valence-corrected chi connectivity index (χ4v) is 9.08. The summed E-state index contributed by atoms with van der Waals surface area (Å²) in [6, 6.07) is 9.79. The van der Waals surface area contributed by atoms with Gasteiger partial charge in [0.15, 0.2) is 0 Å². The quantitative estimate of drug-likeness (QED) is 0.0280. The van der Waals surface area contributed by atoms with Crippen LogP contribution in [0, 0.1) is 0 Å². The van der Waals surface area contributed by atoms with E-state index in [-0.39, 0.29) is 183 Å². The molecule has 2 heterocycles. The summed E-state index contributed by atoms with van der Waals surface area (Å²) >= 11 is 0.795. The summed E-state index contributed by atoms with van der Waals surface area (Å²) < 4.78 is 107. The number of rotatable bonds is 18. The fourth-order valence-electron chi connectivity index (χ4n) is 7.07. The third-order valence-electron chi connectivity index (χ3n) is 9.61. The standard InChI is InChI=1S/C35H46N2O12S4.3K/c1-34(2)28-24-26(50-49-48-38)16-18-30(28)36(20-10-12-22-51(39,40)41)32(34)14-8-6-5-7-9-15-33-35(3,4)29-25-27(53(45,46)47)17-19-31(29)37(33)21-11-13-23-52(42,43)44;;;/h5-9,14-19,24-25,32,38H,10-13,20-23H2,1-4H3,(H,39,40,41)(H,42,43,44)(H,45,46,47);;;/q;3*+1/p-3/b6-5+,9-7+,14-8+,33-15+;;;. The van der Waals surface area contributed by atoms with Crippen molar-refractivity contribution in [2.45, 2.75) is 80.0 Å². The number of nitrogens with one attached hydrogen (secondary N) is 1. The van der Waals surface area contributed by atoms with Crippen molar-refractivity contribution >= 4 is 53.8 Å². The summed E-state index contributed by atoms with van der Waals surface area (Å²) in [6.07, 6.45) is 14.5. The molecule has 2 atom stereocenters. The van der Waals surface area contributed by atoms with Crippen LogP contribution in [0.15, 0.2) is 94.4 Å². The molecule has 2 unspecified atom stereocenters. The molecule has 2 aromatic carbocycles. The maximum absolute atomic E-state index is 11.8. The Morgan fingerprint density at radius 3 is 2.00 bits per heavy atom. The Kier molecular flexibility index (Phi) is 24.2. The van der Waals surface area contributed by atoms with Crippen molar-refractivity contribution < 1.29 is 213 Å². The van der Waals surface area contributed by atoms with Gasteiger partial charge in [0, 0.05) is 51.4 Å². The molecule has 0 aromatic heterocycles. The minimum absolute atomic E-state index is 0. The average Bonchev–Trinajstić information content (AvgIpc) is 3.39. The first-order valence-electron chi connectivity index (χ1n) is 16.8. The second kappa shape index (κ2) is 24.2. The van der Waals surface area contributed by atoms with E-state index in [4.69, 9.17) is 0 Å². The number of hydrogen-bond donors (Lipinski definition) is 1. The first-order valence-corrected chi connectivity index (χ1v) is 22.1. The molecule has 0 saturated carbocycles. The molecule has 0 aliphatic carbocycles. The van der Waals surface area contributed by atoms with Gasteiger partial charge in [0.2, 0.25) is 0 Å². The van der Waals surface area contributed by atoms with Gasteiger partial charge in [-0.05, 0) is 87.6 Å². The van der Waals surface area contributed by atoms with E-state index in [0.29, 0.717) is 42.1 Å². The van der Waals surface area contributed by atoms with E-state index < -0.39 is 47.3 Å². The van der Waals surface area contributed by atoms with Crippen molar-refractivity contribution in [3.8, 4) is 0 Å². The molecule has 292 valence electrons. The molecule has 1 N–H and O–H groups in total. The van der Waals surface area contributed by atoms with Crippen LogP contribution in [0.3, 0.4) is 0 Å². The van der Waals surface area contributed by atoms with Crippen molar-refractivity contribution in [3.05, 3.63) is 95.8 Å². The monoisotopic (exact) mass is 928 g/mol. The maximum Gasteiger partial charge on any atom is 1.00 e. The van der Waals surface area contributed by atoms with Crippen molar-refractivity contribution in [1.29, 1.82) is 0 Å². The Balaban J connectivity index is 0.00000523. The molecule has 0 fully saturated rings. The zero-order valence-corrected chi connectivity index (χ0v) is 45.4. The van der Waals surface area contributed by atoms with Crippen LogP contribution in [0.4, 0.5) is 11.4 Å². The van der Waals surface area contributed by atoms with Crippen molar-refractivity contribution in [3.63, 3.8) is 0 Å². The molecule has 0 spiro atoms. The molecule has 0 radical (unpaired) electrons. The SMILES string of the molecule is CC1(C)\C(=C/C=C/C=C/C=C/C2[NH+](CCCCS(=O)(=O)[O-])c3ccc(SOO[O-])cc3C2(C)C)N(CCCCS(=O)(=O)[O-])c2ccc(S(=O)(=O)[O-])cc21.[K+].[K+].[K+]. The molecule has 2 aliphatic rings. The van der Waals surface area contributed by atoms with E-state index in [0.717, 1.165) is 33.9 Å². The molecule has 0 amide bonds. The largest absolute Gasteiger partial charge is 1.00 e. The van der Waals surface area contributed by atoms with Crippen molar-refractivity contribution in [2.24, 2.45) is 0 Å². The smallest absolute Gasteiger partial charge is 0.748 e. The van der Waals surface area contributed by atoms with Gasteiger partial charge in [-0.2, -0.15) is 4.33 Å². The Bertz CT molecular complexity index is 2110. The number of unbranched alkanes of at least 4 members (excludes halogenated alkanes) is 2. The van der Waals surface area contributed by atoms with Gasteiger partial charge >= 0.3 is 154 Å². The van der Waals surface area contributed by atoms with Crippen LogP contribution in [-0.2, 0) is 50.6 Å². The van der Waals surface area contributed by atoms with Gasteiger partial charge in [0.25, 0.3) is 0 Å². The van der Waals surface area contributed by atoms with Gasteiger partial charge in [0.05, 0.1) is 49.1 Å². The topological polar surface area (TPSA) is 221 Å². The van der Waals surface area contributed by atoms with Crippen LogP contribution in [0.25, 0.3) is 0 Å². The zero-order valence-electron chi connectivity index (χ0n) is 32.7. The molecule has 4 rings (SSSR count). The first-order chi connectivity index (χ1) is 24.7. The van der Waals surface area contributed by atoms with Gasteiger partial charge in [0.1, 0.15) is 21.8 Å². The van der Waals surface area contributed by atoms with Gasteiger partial charge in [-0.1, -0.05) is 44.2 Å². The Hall–Kier alpha value is 2.03. The van der Waals surface area contributed by atoms with Crippen LogP contribution in [0.1, 0.15) is 64.5 Å². The van der Waals surface area contributed by atoms with Crippen LogP contribution < -0.4 is 169 Å². The minimum Gasteiger partial charge on any atom is -0.748 e. The van der Waals surface area contributed by atoms with E-state index in [1.165, 1.54) is 12.1 Å². The molecule has 2 aliphatic heterocycles. The molecular formula is C35H43K3N2O12S4. The van der Waals surface area contributed by atoms with Crippen LogP contribution in [0.5, 0.6) is 0 Å². The molecule has 56 heavy (non-hydrogen) atoms. The number of hydrogen-bond acceptors (Lipinski definition) is 14. The summed E-state index contributed by atoms with van der Waals surface area (Å²) in [5.41, 5.74) is 3.04. The molecule has 21 heteroatoms. The molecule has 0 saturated heterocycles. The molecule has 0 bridgehead atoms. The van der Waals surface area contributed by atoms with Crippen molar-refractivity contribution in [1.82, 2.24) is 0 Å². The third kappa shape index (κ3) is 15.7. The van der Waals surface area contributed by atoms with Gasteiger partial charge < -0.3 is 23.8 Å². The molecular weight excluding hydrogens is 886 g/mol. The second-order valence-electron chi connectivity index (χ2n) is 14.0. The normalized spacial score (nSPS) is 19.6. The van der Waals surface area contributed by atoms with E-state index in [1.54, 1.807) is 12.1 Å². The van der Waals surface area contributed by atoms with E-state index in [2.05, 4.69) is 29.3 Å². The average molecular weight is 929 g/mol. The van der Waals surface area contributed by atoms with Crippen LogP contribution in [0.2, 0.25) is 0 Å². The summed E-state index contributed by atoms with van der Waals surface area (Å²) in [7, 11) is -13.4. The first kappa shape index (κ1) is 56.0. The fraction of sp³-hybridized carbons (Fsp3) is 0.429. The number of allylic oxidation sites excluding steroid dienone is 7. The number of fused-ring (bicyclic) bond motifs is 2. The molecule has 2 aromatic rings. The van der Waals surface area contributed by atoms with Crippen LogP contribution in [-0.4, -0.2) is 69.5 Å². The predicted octanol–water partition coefficient (Wildman–Crippen LogP) is -5.99. The Labute approximate surface area is 462 Å². The van der Waals surface area contributed by atoms with Gasteiger partial charge in [-0.3, -0.25) is 9.94 Å². The summed E-state index contributed by atoms with van der Waals surface area (Å²) in [4.78, 5) is 3.36. The van der Waals surface area contributed by atoms with E-state index in [9.17, 15) is 44.2 Å². The van der Waals surface area contributed by atoms with Gasteiger partial charge in [-0.25, -0.2) is 25.3 Å². The number of anilines is 1. The summed E-state index contributed by atoms with van der Waals surface area (Å²) in [5.74, 6) is -0.926. The minimum atomic E-state index is -4.70. The second-order valence-corrected chi connectivity index (χ2v) is 19.2. The zero-order chi connectivity index (χ0) is 39.2. The Morgan fingerprint density at radius 2 is 1.39 bits per heavy atom. The van der Waals surface area contributed by atoms with Crippen molar-refractivity contribution in [2.75, 3.05) is 29.5 Å². The Morgan fingerprint density at radius 1 is 0.786 bits per heavy atom. The predicted molar refractivity (Wildman–Crippen MR) is 195 cm³/mol. The maximum atomic E-state index is 11.8. The van der Waals surface area contributed by atoms with E-state index >= 15 is 0 Å². The van der Waals surface area contributed by atoms with E-state index in [1.807, 2.05) is 67.3 Å². The summed E-state index contributed by atoms with van der Waals surface area (Å²) in [6.45, 7) is 8.91. The number of nitrogens with zero attached hydrogens (tertiary/aromatic N) is 1. The molecule has 14 nitrogen and oxygen atoms in total. The number of quaternary nitrogens is 1.